The summed E-state index contributed by atoms with van der Waals surface area (Å²) in [7, 11) is -2.79. The Bertz CT molecular complexity index is 1350. The monoisotopic (exact) mass is 486 g/mol. The van der Waals surface area contributed by atoms with E-state index in [0.29, 0.717) is 16.9 Å². The van der Waals surface area contributed by atoms with Crippen molar-refractivity contribution in [2.45, 2.75) is 25.7 Å². The maximum absolute atomic E-state index is 13.0. The van der Waals surface area contributed by atoms with E-state index in [4.69, 9.17) is 16.3 Å². The predicted octanol–water partition coefficient (Wildman–Crippen LogP) is 5.10. The summed E-state index contributed by atoms with van der Waals surface area (Å²) >= 11 is 6.17. The van der Waals surface area contributed by atoms with Crippen LogP contribution in [0.25, 0.3) is 0 Å². The topological polar surface area (TPSA) is 102 Å². The number of carbonyl (C=O) groups excluding carboxylic acids is 2. The van der Waals surface area contributed by atoms with Crippen LogP contribution in [0.5, 0.6) is 0 Å². The van der Waals surface area contributed by atoms with Crippen LogP contribution in [0.4, 0.5) is 11.4 Å². The zero-order valence-corrected chi connectivity index (χ0v) is 20.1. The summed E-state index contributed by atoms with van der Waals surface area (Å²) in [5.74, 6) is -1.09. The molecule has 0 unspecified atom stereocenters. The van der Waals surface area contributed by atoms with Crippen molar-refractivity contribution in [3.63, 3.8) is 0 Å². The summed E-state index contributed by atoms with van der Waals surface area (Å²) in [5, 5.41) is 2.68. The first kappa shape index (κ1) is 24.3. The van der Waals surface area contributed by atoms with Crippen molar-refractivity contribution in [1.82, 2.24) is 0 Å². The normalized spacial score (nSPS) is 11.1. The zero-order chi connectivity index (χ0) is 24.3. The fraction of sp³-hybridized carbons (Fsp3) is 0.167. The Kier molecular flexibility index (Phi) is 7.09. The summed E-state index contributed by atoms with van der Waals surface area (Å²) in [4.78, 5) is 24.4. The second-order valence-electron chi connectivity index (χ2n) is 7.54. The van der Waals surface area contributed by atoms with E-state index in [1.165, 1.54) is 31.4 Å². The number of rotatable bonds is 6. The van der Waals surface area contributed by atoms with E-state index in [0.717, 1.165) is 11.1 Å². The minimum atomic E-state index is -4.06. The second-order valence-corrected chi connectivity index (χ2v) is 9.60. The van der Waals surface area contributed by atoms with Gasteiger partial charge in [-0.25, -0.2) is 13.2 Å². The highest BCUT2D eigenvalue weighted by Gasteiger charge is 2.21. The molecule has 2 N–H and O–H groups in total. The van der Waals surface area contributed by atoms with Crippen LogP contribution in [0, 0.1) is 20.8 Å². The van der Waals surface area contributed by atoms with Crippen LogP contribution in [0.2, 0.25) is 5.02 Å². The first-order chi connectivity index (χ1) is 15.5. The van der Waals surface area contributed by atoms with Gasteiger partial charge in [0, 0.05) is 11.3 Å². The van der Waals surface area contributed by atoms with E-state index in [-0.39, 0.29) is 21.0 Å². The lowest BCUT2D eigenvalue weighted by molar-refractivity contribution is 0.0600. The fourth-order valence-electron chi connectivity index (χ4n) is 3.17. The molecule has 3 aromatic carbocycles. The second kappa shape index (κ2) is 9.64. The van der Waals surface area contributed by atoms with Gasteiger partial charge in [0.25, 0.3) is 15.9 Å². The maximum Gasteiger partial charge on any atom is 0.337 e. The van der Waals surface area contributed by atoms with Crippen molar-refractivity contribution in [2.75, 3.05) is 17.1 Å². The highest BCUT2D eigenvalue weighted by molar-refractivity contribution is 7.92. The van der Waals surface area contributed by atoms with Gasteiger partial charge >= 0.3 is 5.97 Å². The number of halogens is 1. The molecule has 0 saturated carbocycles. The number of sulfonamides is 1. The van der Waals surface area contributed by atoms with Crippen molar-refractivity contribution in [3.05, 3.63) is 87.4 Å². The molecule has 7 nitrogen and oxygen atoms in total. The van der Waals surface area contributed by atoms with Gasteiger partial charge in [-0.05, 0) is 68.3 Å². The number of methoxy groups -OCH3 is 1. The number of aryl methyl sites for hydroxylation is 3. The van der Waals surface area contributed by atoms with E-state index in [1.807, 2.05) is 13.0 Å². The quantitative estimate of drug-likeness (QED) is 0.472. The molecule has 0 aliphatic rings. The van der Waals surface area contributed by atoms with Crippen molar-refractivity contribution < 1.29 is 22.7 Å². The number of amides is 1. The van der Waals surface area contributed by atoms with Gasteiger partial charge < -0.3 is 10.1 Å². The molecule has 3 rings (SSSR count). The number of ether oxygens (including phenoxy) is 1. The van der Waals surface area contributed by atoms with Crippen LogP contribution >= 0.6 is 11.6 Å². The van der Waals surface area contributed by atoms with Gasteiger partial charge in [0.15, 0.2) is 0 Å². The smallest absolute Gasteiger partial charge is 0.337 e. The molecule has 1 amide bonds. The lowest BCUT2D eigenvalue weighted by Gasteiger charge is -2.14. The molecule has 0 radical (unpaired) electrons. The zero-order valence-electron chi connectivity index (χ0n) is 18.5. The molecule has 0 bridgehead atoms. The van der Waals surface area contributed by atoms with Gasteiger partial charge in [0.2, 0.25) is 0 Å². The molecule has 0 aliphatic heterocycles. The predicted molar refractivity (Wildman–Crippen MR) is 129 cm³/mol. The molecule has 3 aromatic rings. The van der Waals surface area contributed by atoms with Gasteiger partial charge in [-0.3, -0.25) is 9.52 Å². The van der Waals surface area contributed by atoms with E-state index in [2.05, 4.69) is 10.0 Å². The third-order valence-electron chi connectivity index (χ3n) is 5.02. The molecule has 9 heteroatoms. The molecular weight excluding hydrogens is 464 g/mol. The van der Waals surface area contributed by atoms with Crippen LogP contribution in [-0.4, -0.2) is 27.4 Å². The highest BCUT2D eigenvalue weighted by Crippen LogP contribution is 2.27. The summed E-state index contributed by atoms with van der Waals surface area (Å²) in [6.45, 7) is 5.47. The van der Waals surface area contributed by atoms with Gasteiger partial charge in [0.1, 0.15) is 4.90 Å². The highest BCUT2D eigenvalue weighted by atomic mass is 35.5. The van der Waals surface area contributed by atoms with E-state index in [1.54, 1.807) is 38.1 Å². The van der Waals surface area contributed by atoms with Crippen LogP contribution < -0.4 is 10.0 Å². The lowest BCUT2D eigenvalue weighted by Crippen LogP contribution is -2.17. The Labute approximate surface area is 197 Å². The first-order valence-corrected chi connectivity index (χ1v) is 11.8. The number of carbonyl (C=O) groups is 2. The fourth-order valence-corrected chi connectivity index (χ4v) is 4.83. The Balaban J connectivity index is 1.91. The molecule has 0 fully saturated rings. The van der Waals surface area contributed by atoms with Crippen molar-refractivity contribution in [3.8, 4) is 0 Å². The Morgan fingerprint density at radius 3 is 2.21 bits per heavy atom. The lowest BCUT2D eigenvalue weighted by atomic mass is 10.1. The van der Waals surface area contributed by atoms with E-state index < -0.39 is 21.9 Å². The average molecular weight is 487 g/mol. The van der Waals surface area contributed by atoms with E-state index in [9.17, 15) is 18.0 Å². The minimum absolute atomic E-state index is 0.0207. The molecule has 0 heterocycles. The standard InChI is InChI=1S/C24H23ClN2O5S/c1-14-5-10-20(16(3)11-14)27-33(30,31)22-13-17(8-9-19(22)25)23(28)26-21-12-18(24(29)32-4)7-6-15(21)2/h5-13,27H,1-4H3,(H,26,28). The minimum Gasteiger partial charge on any atom is -0.465 e. The summed E-state index contributed by atoms with van der Waals surface area (Å²) in [6, 6.07) is 14.1. The molecule has 0 aliphatic carbocycles. The first-order valence-electron chi connectivity index (χ1n) is 9.92. The number of hydrogen-bond acceptors (Lipinski definition) is 5. The van der Waals surface area contributed by atoms with Crippen LogP contribution in [0.3, 0.4) is 0 Å². The summed E-state index contributed by atoms with van der Waals surface area (Å²) < 4.78 is 33.3. The summed E-state index contributed by atoms with van der Waals surface area (Å²) in [6.07, 6.45) is 0. The Hall–Kier alpha value is -3.36. The van der Waals surface area contributed by atoms with Crippen LogP contribution in [0.15, 0.2) is 59.5 Å². The molecule has 172 valence electrons. The third-order valence-corrected chi connectivity index (χ3v) is 6.86. The number of anilines is 2. The van der Waals surface area contributed by atoms with Crippen molar-refractivity contribution >= 4 is 44.9 Å². The van der Waals surface area contributed by atoms with Gasteiger partial charge in [-0.15, -0.1) is 0 Å². The number of nitrogens with one attached hydrogen (secondary N) is 2. The van der Waals surface area contributed by atoms with Gasteiger partial charge in [-0.1, -0.05) is 35.4 Å². The third kappa shape index (κ3) is 5.53. The molecule has 0 saturated heterocycles. The summed E-state index contributed by atoms with van der Waals surface area (Å²) in [5.41, 5.74) is 3.65. The Morgan fingerprint density at radius 2 is 1.55 bits per heavy atom. The van der Waals surface area contributed by atoms with Gasteiger partial charge in [0.05, 0.1) is 23.4 Å². The van der Waals surface area contributed by atoms with Crippen LogP contribution in [-0.2, 0) is 14.8 Å². The van der Waals surface area contributed by atoms with Crippen molar-refractivity contribution in [1.29, 1.82) is 0 Å². The largest absolute Gasteiger partial charge is 0.465 e. The molecular formula is C24H23ClN2O5S. The maximum atomic E-state index is 13.0. The Morgan fingerprint density at radius 1 is 0.848 bits per heavy atom. The molecule has 0 spiro atoms. The van der Waals surface area contributed by atoms with E-state index >= 15 is 0 Å². The molecule has 33 heavy (non-hydrogen) atoms. The number of hydrogen-bond donors (Lipinski definition) is 2. The number of benzene rings is 3. The van der Waals surface area contributed by atoms with Gasteiger partial charge in [-0.2, -0.15) is 0 Å². The average Bonchev–Trinajstić information content (AvgIpc) is 2.76. The number of esters is 1. The SMILES string of the molecule is COC(=O)c1ccc(C)c(NC(=O)c2ccc(Cl)c(S(=O)(=O)Nc3ccc(C)cc3C)c2)c1. The molecule has 0 atom stereocenters. The van der Waals surface area contributed by atoms with Crippen LogP contribution in [0.1, 0.15) is 37.4 Å². The van der Waals surface area contributed by atoms with Crippen molar-refractivity contribution in [2.24, 2.45) is 0 Å². The molecule has 0 aromatic heterocycles.